The molecule has 1 N–H and O–H groups in total. The summed E-state index contributed by atoms with van der Waals surface area (Å²) in [4.78, 5) is 27.7. The molecule has 1 saturated carbocycles. The fourth-order valence-corrected chi connectivity index (χ4v) is 5.09. The Morgan fingerprint density at radius 3 is 2.42 bits per heavy atom. The maximum absolute atomic E-state index is 13.5. The van der Waals surface area contributed by atoms with Crippen LogP contribution in [0.15, 0.2) is 6.07 Å². The topological polar surface area (TPSA) is 83.9 Å². The molecule has 1 aromatic heterocycles. The first-order valence-electron chi connectivity index (χ1n) is 10.7. The normalized spacial score (nSPS) is 21.0. The summed E-state index contributed by atoms with van der Waals surface area (Å²) in [6.07, 6.45) is 3.69. The van der Waals surface area contributed by atoms with Gasteiger partial charge < -0.3 is 14.5 Å². The van der Waals surface area contributed by atoms with Gasteiger partial charge in [-0.2, -0.15) is 0 Å². The van der Waals surface area contributed by atoms with Crippen LogP contribution in [0.4, 0.5) is 5.69 Å². The Labute approximate surface area is 189 Å². The SMILES string of the molecule is COP(C)(=O)CCN(c1cc(C#CC(C)(C)C)sc1C(=O)O)C(=O)[C@H]1CC[C@H](C)CC1. The summed E-state index contributed by atoms with van der Waals surface area (Å²) in [7, 11) is -1.48. The van der Waals surface area contributed by atoms with Crippen molar-refractivity contribution in [3.63, 3.8) is 0 Å². The van der Waals surface area contributed by atoms with E-state index in [0.29, 0.717) is 16.5 Å². The third-order valence-electron chi connectivity index (χ3n) is 5.51. The Kier molecular flexibility index (Phi) is 8.55. The zero-order valence-corrected chi connectivity index (χ0v) is 21.1. The number of thiophene rings is 1. The highest BCUT2D eigenvalue weighted by Gasteiger charge is 2.33. The molecule has 0 aromatic carbocycles. The molecule has 0 radical (unpaired) electrons. The third kappa shape index (κ3) is 7.49. The Bertz CT molecular complexity index is 913. The maximum atomic E-state index is 13.5. The van der Waals surface area contributed by atoms with Gasteiger partial charge in [-0.05, 0) is 58.4 Å². The lowest BCUT2D eigenvalue weighted by Gasteiger charge is -2.31. The van der Waals surface area contributed by atoms with Gasteiger partial charge in [-0.3, -0.25) is 9.36 Å². The van der Waals surface area contributed by atoms with E-state index in [1.807, 2.05) is 20.8 Å². The number of rotatable bonds is 7. The average molecular weight is 468 g/mol. The van der Waals surface area contributed by atoms with E-state index in [2.05, 4.69) is 18.8 Å². The van der Waals surface area contributed by atoms with E-state index in [4.69, 9.17) is 4.52 Å². The molecule has 6 nitrogen and oxygen atoms in total. The van der Waals surface area contributed by atoms with Crippen LogP contribution in [-0.2, 0) is 13.9 Å². The van der Waals surface area contributed by atoms with Gasteiger partial charge in [0.2, 0.25) is 13.3 Å². The molecule has 1 aromatic rings. The van der Waals surface area contributed by atoms with Crippen LogP contribution in [0.25, 0.3) is 0 Å². The van der Waals surface area contributed by atoms with E-state index >= 15 is 0 Å². The minimum Gasteiger partial charge on any atom is -0.477 e. The fourth-order valence-electron chi connectivity index (χ4n) is 3.50. The largest absolute Gasteiger partial charge is 0.477 e. The van der Waals surface area contributed by atoms with Crippen molar-refractivity contribution >= 4 is 36.3 Å². The number of aromatic carboxylic acids is 1. The minimum absolute atomic E-state index is 0.0825. The molecule has 0 saturated heterocycles. The molecule has 8 heteroatoms. The second-order valence-corrected chi connectivity index (χ2v) is 13.4. The van der Waals surface area contributed by atoms with E-state index in [-0.39, 0.29) is 34.8 Å². The van der Waals surface area contributed by atoms with Crippen molar-refractivity contribution < 1.29 is 23.8 Å². The molecule has 1 atom stereocenters. The van der Waals surface area contributed by atoms with E-state index in [9.17, 15) is 19.3 Å². The molecule has 1 heterocycles. The first kappa shape index (κ1) is 25.6. The smallest absolute Gasteiger partial charge is 0.348 e. The summed E-state index contributed by atoms with van der Waals surface area (Å²) in [6, 6.07) is 1.68. The summed E-state index contributed by atoms with van der Waals surface area (Å²) in [5.74, 6) is 5.42. The molecule has 1 amide bonds. The summed E-state index contributed by atoms with van der Waals surface area (Å²) in [5, 5.41) is 9.80. The molecule has 0 bridgehead atoms. The van der Waals surface area contributed by atoms with Gasteiger partial charge in [0, 0.05) is 37.8 Å². The van der Waals surface area contributed by atoms with Crippen LogP contribution in [-0.4, -0.2) is 43.5 Å². The van der Waals surface area contributed by atoms with Gasteiger partial charge in [0.05, 0.1) is 10.6 Å². The van der Waals surface area contributed by atoms with Gasteiger partial charge >= 0.3 is 5.97 Å². The third-order valence-corrected chi connectivity index (χ3v) is 8.32. The maximum Gasteiger partial charge on any atom is 0.348 e. The van der Waals surface area contributed by atoms with Crippen LogP contribution in [0.1, 0.15) is 67.9 Å². The minimum atomic E-state index is -2.87. The van der Waals surface area contributed by atoms with E-state index < -0.39 is 13.3 Å². The molecule has 0 spiro atoms. The zero-order valence-electron chi connectivity index (χ0n) is 19.4. The van der Waals surface area contributed by atoms with Gasteiger partial charge in [-0.15, -0.1) is 11.3 Å². The summed E-state index contributed by atoms with van der Waals surface area (Å²) >= 11 is 1.07. The lowest BCUT2D eigenvalue weighted by molar-refractivity contribution is -0.123. The van der Waals surface area contributed by atoms with Gasteiger partial charge in [0.1, 0.15) is 4.88 Å². The molecule has 1 fully saturated rings. The Hall–Kier alpha value is -1.61. The second-order valence-electron chi connectivity index (χ2n) is 9.50. The molecule has 172 valence electrons. The monoisotopic (exact) mass is 467 g/mol. The summed E-state index contributed by atoms with van der Waals surface area (Å²) in [5.41, 5.74) is 0.116. The van der Waals surface area contributed by atoms with Crippen LogP contribution in [0.2, 0.25) is 0 Å². The summed E-state index contributed by atoms with van der Waals surface area (Å²) < 4.78 is 17.6. The summed E-state index contributed by atoms with van der Waals surface area (Å²) in [6.45, 7) is 9.81. The van der Waals surface area contributed by atoms with Gasteiger partial charge in [0.15, 0.2) is 0 Å². The van der Waals surface area contributed by atoms with Crippen LogP contribution in [0, 0.1) is 29.1 Å². The van der Waals surface area contributed by atoms with Crippen LogP contribution in [0.5, 0.6) is 0 Å². The predicted molar refractivity (Wildman–Crippen MR) is 126 cm³/mol. The van der Waals surface area contributed by atoms with Crippen molar-refractivity contribution in [3.05, 3.63) is 15.8 Å². The van der Waals surface area contributed by atoms with Gasteiger partial charge in [-0.25, -0.2) is 4.79 Å². The number of hydrogen-bond acceptors (Lipinski definition) is 5. The highest BCUT2D eigenvalue weighted by molar-refractivity contribution is 7.58. The van der Waals surface area contributed by atoms with Crippen LogP contribution >= 0.6 is 18.7 Å². The predicted octanol–water partition coefficient (Wildman–Crippen LogP) is 5.56. The average Bonchev–Trinajstić information content (AvgIpc) is 3.11. The van der Waals surface area contributed by atoms with Crippen molar-refractivity contribution in [1.82, 2.24) is 0 Å². The van der Waals surface area contributed by atoms with Gasteiger partial charge in [0.25, 0.3) is 0 Å². The lowest BCUT2D eigenvalue weighted by Crippen LogP contribution is -2.40. The molecule has 0 aliphatic heterocycles. The Morgan fingerprint density at radius 2 is 1.90 bits per heavy atom. The van der Waals surface area contributed by atoms with E-state index in [1.165, 1.54) is 18.7 Å². The highest BCUT2D eigenvalue weighted by atomic mass is 32.1. The molecule has 1 unspecified atom stereocenters. The van der Waals surface area contributed by atoms with Crippen molar-refractivity contribution in [3.8, 4) is 11.8 Å². The molecular weight excluding hydrogens is 433 g/mol. The number of anilines is 1. The number of carboxylic acids is 1. The number of carboxylic acid groups (broad SMARTS) is 1. The molecule has 2 rings (SSSR count). The van der Waals surface area contributed by atoms with Crippen molar-refractivity contribution in [2.45, 2.75) is 53.4 Å². The zero-order chi connectivity index (χ0) is 23.4. The van der Waals surface area contributed by atoms with E-state index in [0.717, 1.165) is 37.0 Å². The van der Waals surface area contributed by atoms with Crippen molar-refractivity contribution in [2.75, 3.05) is 31.4 Å². The molecular formula is C23H34NO5PS. The lowest BCUT2D eigenvalue weighted by atomic mass is 9.82. The quantitative estimate of drug-likeness (QED) is 0.419. The molecule has 1 aliphatic rings. The fraction of sp³-hybridized carbons (Fsp3) is 0.652. The van der Waals surface area contributed by atoms with Crippen LogP contribution < -0.4 is 4.90 Å². The van der Waals surface area contributed by atoms with Crippen molar-refractivity contribution in [1.29, 1.82) is 0 Å². The highest BCUT2D eigenvalue weighted by Crippen LogP contribution is 2.42. The van der Waals surface area contributed by atoms with Gasteiger partial charge in [-0.1, -0.05) is 18.8 Å². The first-order chi connectivity index (χ1) is 14.3. The van der Waals surface area contributed by atoms with Crippen LogP contribution in [0.3, 0.4) is 0 Å². The number of nitrogens with zero attached hydrogens (tertiary/aromatic N) is 1. The van der Waals surface area contributed by atoms with Crippen molar-refractivity contribution in [2.24, 2.45) is 17.3 Å². The standard InChI is InChI=1S/C23H34NO5PS/c1-16-7-9-17(10-8-16)21(25)24(13-14-30(6,28)29-5)19-15-18(11-12-23(2,3)4)31-20(19)22(26)27/h15-17H,7-10,13-14H2,1-6H3,(H,26,27)/t16-,17-,30?. The second kappa shape index (κ2) is 10.3. The molecule has 31 heavy (non-hydrogen) atoms. The van der Waals surface area contributed by atoms with E-state index in [1.54, 1.807) is 6.07 Å². The molecule has 1 aliphatic carbocycles. The number of carbonyl (C=O) groups is 2. The number of carbonyl (C=O) groups excluding carboxylic acids is 1. The first-order valence-corrected chi connectivity index (χ1v) is 13.7. The number of amides is 1. The number of hydrogen-bond donors (Lipinski definition) is 1. The Morgan fingerprint density at radius 1 is 1.29 bits per heavy atom. The Balaban J connectivity index is 2.44.